The number of nitrogens with zero attached hydrogens (tertiary/aromatic N) is 3. The van der Waals surface area contributed by atoms with Gasteiger partial charge in [-0.05, 0) is 55.6 Å². The van der Waals surface area contributed by atoms with E-state index >= 15 is 0 Å². The Kier molecular flexibility index (Phi) is 6.13. The fraction of sp³-hybridized carbons (Fsp3) is 0.250. The molecule has 1 N–H and O–H groups in total. The Balaban J connectivity index is 1.27. The van der Waals surface area contributed by atoms with Gasteiger partial charge in [-0.15, -0.1) is 0 Å². The van der Waals surface area contributed by atoms with Gasteiger partial charge in [0.1, 0.15) is 0 Å². The van der Waals surface area contributed by atoms with Crippen molar-refractivity contribution in [2.45, 2.75) is 19.9 Å². The molecular weight excluding hydrogens is 408 g/mol. The number of aryl methyl sites for hydroxylation is 1. The first-order valence-electron chi connectivity index (χ1n) is 11.5. The number of para-hydroxylation sites is 1. The van der Waals surface area contributed by atoms with Gasteiger partial charge in [-0.1, -0.05) is 48.0 Å². The molecule has 2 aromatic carbocycles. The van der Waals surface area contributed by atoms with Crippen molar-refractivity contribution in [3.05, 3.63) is 95.8 Å². The SMILES string of the molecule is Cc1ccc(CN2CC[C@@H](CNC(=O)c3cc(-c4cccnc4)nc4ccccc34)C2)cc1. The summed E-state index contributed by atoms with van der Waals surface area (Å²) in [6, 6.07) is 22.3. The third-order valence-corrected chi connectivity index (χ3v) is 6.37. The highest BCUT2D eigenvalue weighted by Crippen LogP contribution is 2.25. The Morgan fingerprint density at radius 1 is 1.09 bits per heavy atom. The number of carbonyl (C=O) groups is 1. The number of rotatable bonds is 6. The zero-order chi connectivity index (χ0) is 22.6. The number of carbonyl (C=O) groups excluding carboxylic acids is 1. The molecule has 0 bridgehead atoms. The van der Waals surface area contributed by atoms with Gasteiger partial charge in [-0.2, -0.15) is 0 Å². The fourth-order valence-electron chi connectivity index (χ4n) is 4.53. The first-order chi connectivity index (χ1) is 16.2. The molecule has 5 rings (SSSR count). The van der Waals surface area contributed by atoms with Gasteiger partial charge in [-0.3, -0.25) is 14.7 Å². The van der Waals surface area contributed by atoms with E-state index in [1.165, 1.54) is 11.1 Å². The van der Waals surface area contributed by atoms with Crippen LogP contribution in [-0.2, 0) is 6.54 Å². The molecule has 1 aliphatic rings. The summed E-state index contributed by atoms with van der Waals surface area (Å²) in [5, 5.41) is 4.07. The van der Waals surface area contributed by atoms with E-state index in [9.17, 15) is 4.79 Å². The van der Waals surface area contributed by atoms with Crippen molar-refractivity contribution in [1.82, 2.24) is 20.2 Å². The average Bonchev–Trinajstić information content (AvgIpc) is 3.31. The van der Waals surface area contributed by atoms with E-state index in [2.05, 4.69) is 46.4 Å². The van der Waals surface area contributed by atoms with Crippen LogP contribution < -0.4 is 5.32 Å². The molecule has 5 nitrogen and oxygen atoms in total. The van der Waals surface area contributed by atoms with Crippen LogP contribution in [0.15, 0.2) is 79.1 Å². The fourth-order valence-corrected chi connectivity index (χ4v) is 4.53. The summed E-state index contributed by atoms with van der Waals surface area (Å²) in [4.78, 5) is 24.7. The standard InChI is InChI=1S/C28H28N4O/c1-20-8-10-21(11-9-20)18-32-14-12-22(19-32)16-30-28(33)25-15-27(23-5-4-13-29-17-23)31-26-7-3-2-6-24(25)26/h2-11,13,15,17,22H,12,14,16,18-19H2,1H3,(H,30,33)/t22-/m0/s1. The number of pyridine rings is 2. The van der Waals surface area contributed by atoms with Gasteiger partial charge in [0.2, 0.25) is 0 Å². The number of nitrogens with one attached hydrogen (secondary N) is 1. The second-order valence-corrected chi connectivity index (χ2v) is 8.90. The lowest BCUT2D eigenvalue weighted by atomic mass is 10.0. The van der Waals surface area contributed by atoms with E-state index in [0.717, 1.165) is 48.2 Å². The topological polar surface area (TPSA) is 58.1 Å². The summed E-state index contributed by atoms with van der Waals surface area (Å²) in [6.07, 6.45) is 4.62. The minimum absolute atomic E-state index is 0.0456. The number of hydrogen-bond acceptors (Lipinski definition) is 4. The molecule has 4 aromatic rings. The molecule has 3 heterocycles. The normalized spacial score (nSPS) is 16.2. The molecule has 1 aliphatic heterocycles. The van der Waals surface area contributed by atoms with Crippen LogP contribution in [0.5, 0.6) is 0 Å². The van der Waals surface area contributed by atoms with Gasteiger partial charge in [0.25, 0.3) is 5.91 Å². The first kappa shape index (κ1) is 21.3. The van der Waals surface area contributed by atoms with Crippen LogP contribution in [0.4, 0.5) is 0 Å². The van der Waals surface area contributed by atoms with Gasteiger partial charge in [0.05, 0.1) is 16.8 Å². The van der Waals surface area contributed by atoms with Crippen LogP contribution >= 0.6 is 0 Å². The van der Waals surface area contributed by atoms with Crippen molar-refractivity contribution in [3.63, 3.8) is 0 Å². The number of amides is 1. The Hall–Kier alpha value is -3.57. The molecule has 1 atom stereocenters. The van der Waals surface area contributed by atoms with Gasteiger partial charge >= 0.3 is 0 Å². The van der Waals surface area contributed by atoms with E-state index in [1.54, 1.807) is 12.4 Å². The molecule has 1 amide bonds. The molecular formula is C28H28N4O. The van der Waals surface area contributed by atoms with E-state index in [1.807, 2.05) is 42.5 Å². The molecule has 0 spiro atoms. The number of benzene rings is 2. The Labute approximate surface area is 194 Å². The van der Waals surface area contributed by atoms with Crippen LogP contribution in [0.1, 0.15) is 27.9 Å². The van der Waals surface area contributed by atoms with Crippen molar-refractivity contribution in [2.75, 3.05) is 19.6 Å². The van der Waals surface area contributed by atoms with Crippen molar-refractivity contribution in [3.8, 4) is 11.3 Å². The van der Waals surface area contributed by atoms with Crippen LogP contribution in [0, 0.1) is 12.8 Å². The maximum atomic E-state index is 13.2. The van der Waals surface area contributed by atoms with Gasteiger partial charge in [-0.25, -0.2) is 4.98 Å². The van der Waals surface area contributed by atoms with E-state index in [-0.39, 0.29) is 5.91 Å². The average molecular weight is 437 g/mol. The van der Waals surface area contributed by atoms with Gasteiger partial charge in [0.15, 0.2) is 0 Å². The molecule has 0 radical (unpaired) electrons. The highest BCUT2D eigenvalue weighted by molar-refractivity contribution is 6.07. The van der Waals surface area contributed by atoms with Crippen LogP contribution in [-0.4, -0.2) is 40.4 Å². The molecule has 5 heteroatoms. The minimum atomic E-state index is -0.0456. The number of aromatic nitrogens is 2. The quantitative estimate of drug-likeness (QED) is 0.469. The molecule has 2 aromatic heterocycles. The summed E-state index contributed by atoms with van der Waals surface area (Å²) in [5.74, 6) is 0.418. The summed E-state index contributed by atoms with van der Waals surface area (Å²) in [6.45, 7) is 5.84. The van der Waals surface area contributed by atoms with Crippen LogP contribution in [0.3, 0.4) is 0 Å². The summed E-state index contributed by atoms with van der Waals surface area (Å²) in [7, 11) is 0. The summed E-state index contributed by atoms with van der Waals surface area (Å²) >= 11 is 0. The highest BCUT2D eigenvalue weighted by Gasteiger charge is 2.23. The highest BCUT2D eigenvalue weighted by atomic mass is 16.1. The molecule has 1 fully saturated rings. The van der Waals surface area contributed by atoms with Crippen LogP contribution in [0.2, 0.25) is 0 Å². The van der Waals surface area contributed by atoms with Gasteiger partial charge < -0.3 is 5.32 Å². The minimum Gasteiger partial charge on any atom is -0.352 e. The predicted molar refractivity (Wildman–Crippen MR) is 132 cm³/mol. The Morgan fingerprint density at radius 3 is 2.76 bits per heavy atom. The zero-order valence-corrected chi connectivity index (χ0v) is 18.9. The lowest BCUT2D eigenvalue weighted by Crippen LogP contribution is -2.31. The molecule has 33 heavy (non-hydrogen) atoms. The van der Waals surface area contributed by atoms with Crippen molar-refractivity contribution in [1.29, 1.82) is 0 Å². The Morgan fingerprint density at radius 2 is 1.94 bits per heavy atom. The van der Waals surface area contributed by atoms with Crippen molar-refractivity contribution >= 4 is 16.8 Å². The molecule has 0 saturated carbocycles. The summed E-state index contributed by atoms with van der Waals surface area (Å²) < 4.78 is 0. The third-order valence-electron chi connectivity index (χ3n) is 6.37. The largest absolute Gasteiger partial charge is 0.352 e. The molecule has 0 aliphatic carbocycles. The van der Waals surface area contributed by atoms with Crippen molar-refractivity contribution < 1.29 is 4.79 Å². The maximum absolute atomic E-state index is 13.2. The first-order valence-corrected chi connectivity index (χ1v) is 11.5. The summed E-state index contributed by atoms with van der Waals surface area (Å²) in [5.41, 5.74) is 5.77. The number of likely N-dealkylation sites (tertiary alicyclic amines) is 1. The monoisotopic (exact) mass is 436 g/mol. The zero-order valence-electron chi connectivity index (χ0n) is 18.9. The molecule has 1 saturated heterocycles. The van der Waals surface area contributed by atoms with E-state index in [4.69, 9.17) is 4.98 Å². The Bertz CT molecular complexity index is 1250. The number of fused-ring (bicyclic) bond motifs is 1. The lowest BCUT2D eigenvalue weighted by molar-refractivity contribution is 0.0949. The number of hydrogen-bond donors (Lipinski definition) is 1. The molecule has 166 valence electrons. The van der Waals surface area contributed by atoms with Crippen LogP contribution in [0.25, 0.3) is 22.2 Å². The van der Waals surface area contributed by atoms with Gasteiger partial charge in [0, 0.05) is 43.0 Å². The van der Waals surface area contributed by atoms with Crippen molar-refractivity contribution in [2.24, 2.45) is 5.92 Å². The second kappa shape index (κ2) is 9.51. The second-order valence-electron chi connectivity index (χ2n) is 8.90. The van der Waals surface area contributed by atoms with E-state index < -0.39 is 0 Å². The lowest BCUT2D eigenvalue weighted by Gasteiger charge is -2.17. The maximum Gasteiger partial charge on any atom is 0.252 e. The molecule has 0 unspecified atom stereocenters. The van der Waals surface area contributed by atoms with E-state index in [0.29, 0.717) is 18.0 Å². The smallest absolute Gasteiger partial charge is 0.252 e. The predicted octanol–water partition coefficient (Wildman–Crippen LogP) is 4.86. The third kappa shape index (κ3) is 4.94.